The molecule has 0 spiro atoms. The molecule has 0 saturated carbocycles. The van der Waals surface area contributed by atoms with E-state index in [1.807, 2.05) is 38.1 Å². The molecule has 0 aliphatic heterocycles. The maximum atomic E-state index is 10.8. The number of hydrogen-bond donors (Lipinski definition) is 0. The van der Waals surface area contributed by atoms with Gasteiger partial charge in [-0.2, -0.15) is 0 Å². The number of aldehydes is 1. The predicted molar refractivity (Wildman–Crippen MR) is 71.7 cm³/mol. The van der Waals surface area contributed by atoms with Gasteiger partial charge >= 0.3 is 0 Å². The molecule has 2 aromatic rings. The smallest absolute Gasteiger partial charge is 0.150 e. The van der Waals surface area contributed by atoms with Gasteiger partial charge in [-0.3, -0.25) is 4.79 Å². The van der Waals surface area contributed by atoms with Crippen LogP contribution in [0.5, 0.6) is 0 Å². The summed E-state index contributed by atoms with van der Waals surface area (Å²) >= 11 is 6.08. The Kier molecular flexibility index (Phi) is 3.30. The number of hydrogen-bond acceptors (Lipinski definition) is 1. The lowest BCUT2D eigenvalue weighted by molar-refractivity contribution is 0.112. The number of carbonyl (C=O) groups excluding carboxylic acids is 1. The van der Waals surface area contributed by atoms with Crippen molar-refractivity contribution in [3.05, 3.63) is 58.1 Å². The van der Waals surface area contributed by atoms with Gasteiger partial charge in [0.25, 0.3) is 0 Å². The number of carbonyl (C=O) groups is 1. The van der Waals surface area contributed by atoms with Gasteiger partial charge in [0.2, 0.25) is 0 Å². The first-order valence-corrected chi connectivity index (χ1v) is 5.82. The van der Waals surface area contributed by atoms with E-state index in [2.05, 4.69) is 6.07 Å². The third-order valence-corrected chi connectivity index (χ3v) is 3.25. The van der Waals surface area contributed by atoms with Crippen molar-refractivity contribution in [2.24, 2.45) is 0 Å². The molecular formula is C15H13ClO. The van der Waals surface area contributed by atoms with E-state index in [9.17, 15) is 4.79 Å². The summed E-state index contributed by atoms with van der Waals surface area (Å²) in [7, 11) is 0. The SMILES string of the molecule is Cc1cc(-c2cccc(C=O)c2)c(C)cc1Cl. The van der Waals surface area contributed by atoms with Crippen LogP contribution in [0.3, 0.4) is 0 Å². The van der Waals surface area contributed by atoms with Crippen molar-refractivity contribution in [1.82, 2.24) is 0 Å². The zero-order valence-electron chi connectivity index (χ0n) is 9.83. The minimum absolute atomic E-state index is 0.689. The molecule has 0 aromatic heterocycles. The first kappa shape index (κ1) is 11.9. The summed E-state index contributed by atoms with van der Waals surface area (Å²) in [6.45, 7) is 4.00. The van der Waals surface area contributed by atoms with Crippen molar-refractivity contribution in [3.8, 4) is 11.1 Å². The molecule has 0 bridgehead atoms. The second kappa shape index (κ2) is 4.72. The lowest BCUT2D eigenvalue weighted by atomic mass is 9.97. The van der Waals surface area contributed by atoms with Crippen molar-refractivity contribution in [2.45, 2.75) is 13.8 Å². The maximum Gasteiger partial charge on any atom is 0.150 e. The lowest BCUT2D eigenvalue weighted by Gasteiger charge is -2.09. The highest BCUT2D eigenvalue weighted by Crippen LogP contribution is 2.29. The summed E-state index contributed by atoms with van der Waals surface area (Å²) in [5.74, 6) is 0. The van der Waals surface area contributed by atoms with Crippen molar-refractivity contribution in [2.75, 3.05) is 0 Å². The van der Waals surface area contributed by atoms with Gasteiger partial charge in [0.1, 0.15) is 6.29 Å². The molecule has 0 N–H and O–H groups in total. The third-order valence-electron chi connectivity index (χ3n) is 2.84. The molecule has 0 aliphatic carbocycles. The zero-order chi connectivity index (χ0) is 12.4. The Hall–Kier alpha value is -1.60. The average molecular weight is 245 g/mol. The molecule has 0 unspecified atom stereocenters. The van der Waals surface area contributed by atoms with Crippen LogP contribution in [0, 0.1) is 13.8 Å². The topological polar surface area (TPSA) is 17.1 Å². The first-order valence-electron chi connectivity index (χ1n) is 5.44. The standard InChI is InChI=1S/C15H13ClO/c1-10-7-15(16)11(2)6-14(10)13-5-3-4-12(8-13)9-17/h3-9H,1-2H3. The van der Waals surface area contributed by atoms with Crippen LogP contribution < -0.4 is 0 Å². The van der Waals surface area contributed by atoms with Gasteiger partial charge in [0.05, 0.1) is 0 Å². The average Bonchev–Trinajstić information content (AvgIpc) is 2.34. The van der Waals surface area contributed by atoms with Crippen molar-refractivity contribution in [1.29, 1.82) is 0 Å². The van der Waals surface area contributed by atoms with Gasteiger partial charge in [-0.25, -0.2) is 0 Å². The molecule has 0 radical (unpaired) electrons. The highest BCUT2D eigenvalue weighted by atomic mass is 35.5. The van der Waals surface area contributed by atoms with E-state index >= 15 is 0 Å². The molecule has 0 saturated heterocycles. The highest BCUT2D eigenvalue weighted by molar-refractivity contribution is 6.31. The van der Waals surface area contributed by atoms with E-state index in [0.717, 1.165) is 33.6 Å². The molecule has 2 heteroatoms. The third kappa shape index (κ3) is 2.40. The summed E-state index contributed by atoms with van der Waals surface area (Å²) in [4.78, 5) is 10.8. The largest absolute Gasteiger partial charge is 0.298 e. The fourth-order valence-corrected chi connectivity index (χ4v) is 2.09. The van der Waals surface area contributed by atoms with Crippen LogP contribution in [0.4, 0.5) is 0 Å². The Bertz CT molecular complexity index is 573. The van der Waals surface area contributed by atoms with Gasteiger partial charge < -0.3 is 0 Å². The van der Waals surface area contributed by atoms with E-state index in [1.54, 1.807) is 6.07 Å². The van der Waals surface area contributed by atoms with E-state index in [4.69, 9.17) is 11.6 Å². The Labute approximate surface area is 106 Å². The molecule has 0 amide bonds. The van der Waals surface area contributed by atoms with Gasteiger partial charge in [-0.05, 0) is 54.3 Å². The number of aryl methyl sites for hydroxylation is 2. The van der Waals surface area contributed by atoms with Crippen LogP contribution in [0.25, 0.3) is 11.1 Å². The van der Waals surface area contributed by atoms with E-state index in [1.165, 1.54) is 0 Å². The summed E-state index contributed by atoms with van der Waals surface area (Å²) in [5.41, 5.74) is 5.02. The Morgan fingerprint density at radius 1 is 1.06 bits per heavy atom. The maximum absolute atomic E-state index is 10.8. The lowest BCUT2D eigenvalue weighted by Crippen LogP contribution is -1.88. The number of benzene rings is 2. The molecule has 2 rings (SSSR count). The van der Waals surface area contributed by atoms with Crippen LogP contribution in [0.1, 0.15) is 21.5 Å². The highest BCUT2D eigenvalue weighted by Gasteiger charge is 2.05. The molecule has 1 nitrogen and oxygen atoms in total. The molecule has 86 valence electrons. The first-order chi connectivity index (χ1) is 8.11. The van der Waals surface area contributed by atoms with Crippen LogP contribution >= 0.6 is 11.6 Å². The van der Waals surface area contributed by atoms with Gasteiger partial charge in [-0.1, -0.05) is 29.8 Å². The Balaban J connectivity index is 2.59. The second-order valence-electron chi connectivity index (χ2n) is 4.16. The molecule has 0 heterocycles. The van der Waals surface area contributed by atoms with Crippen molar-refractivity contribution >= 4 is 17.9 Å². The number of rotatable bonds is 2. The van der Waals surface area contributed by atoms with Crippen molar-refractivity contribution < 1.29 is 4.79 Å². The molecule has 0 fully saturated rings. The monoisotopic (exact) mass is 244 g/mol. The summed E-state index contributed by atoms with van der Waals surface area (Å²) < 4.78 is 0. The predicted octanol–water partition coefficient (Wildman–Crippen LogP) is 4.44. The fraction of sp³-hybridized carbons (Fsp3) is 0.133. The zero-order valence-corrected chi connectivity index (χ0v) is 10.6. The fourth-order valence-electron chi connectivity index (χ4n) is 1.87. The minimum atomic E-state index is 0.689. The van der Waals surface area contributed by atoms with E-state index in [-0.39, 0.29) is 0 Å². The normalized spacial score (nSPS) is 10.3. The van der Waals surface area contributed by atoms with E-state index < -0.39 is 0 Å². The minimum Gasteiger partial charge on any atom is -0.298 e. The summed E-state index contributed by atoms with van der Waals surface area (Å²) in [5, 5.41) is 0.776. The van der Waals surface area contributed by atoms with Crippen LogP contribution in [-0.2, 0) is 0 Å². The quantitative estimate of drug-likeness (QED) is 0.714. The molecule has 0 atom stereocenters. The molecule has 17 heavy (non-hydrogen) atoms. The van der Waals surface area contributed by atoms with Crippen molar-refractivity contribution in [3.63, 3.8) is 0 Å². The van der Waals surface area contributed by atoms with Crippen LogP contribution in [0.15, 0.2) is 36.4 Å². The Morgan fingerprint density at radius 2 is 1.82 bits per heavy atom. The molecule has 2 aromatic carbocycles. The van der Waals surface area contributed by atoms with Gasteiger partial charge in [-0.15, -0.1) is 0 Å². The Morgan fingerprint density at radius 3 is 2.53 bits per heavy atom. The van der Waals surface area contributed by atoms with Crippen LogP contribution in [0.2, 0.25) is 5.02 Å². The second-order valence-corrected chi connectivity index (χ2v) is 4.57. The molecule has 0 aliphatic rings. The van der Waals surface area contributed by atoms with Gasteiger partial charge in [0.15, 0.2) is 0 Å². The van der Waals surface area contributed by atoms with Gasteiger partial charge in [0, 0.05) is 10.6 Å². The molecular weight excluding hydrogens is 232 g/mol. The summed E-state index contributed by atoms with van der Waals surface area (Å²) in [6, 6.07) is 11.6. The van der Waals surface area contributed by atoms with E-state index in [0.29, 0.717) is 5.56 Å². The number of halogens is 1. The summed E-state index contributed by atoms with van der Waals surface area (Å²) in [6.07, 6.45) is 0.863. The van der Waals surface area contributed by atoms with Crippen LogP contribution in [-0.4, -0.2) is 6.29 Å².